The Morgan fingerprint density at radius 1 is 1.20 bits per heavy atom. The first-order valence-corrected chi connectivity index (χ1v) is 7.41. The molecular formula is C15H19N3OS. The van der Waals surface area contributed by atoms with Gasteiger partial charge >= 0.3 is 0 Å². The first-order valence-electron chi connectivity index (χ1n) is 6.53. The first-order chi connectivity index (χ1) is 9.40. The Labute approximate surface area is 123 Å². The number of carbonyl (C=O) groups excluding carboxylic acids is 1. The average molecular weight is 289 g/mol. The summed E-state index contributed by atoms with van der Waals surface area (Å²) in [7, 11) is 1.88. The van der Waals surface area contributed by atoms with E-state index in [1.165, 1.54) is 17.3 Å². The van der Waals surface area contributed by atoms with Gasteiger partial charge < -0.3 is 4.57 Å². The number of rotatable bonds is 4. The number of aromatic nitrogens is 3. The van der Waals surface area contributed by atoms with Crippen molar-refractivity contribution >= 4 is 17.5 Å². The van der Waals surface area contributed by atoms with Gasteiger partial charge in [-0.3, -0.25) is 4.79 Å². The van der Waals surface area contributed by atoms with E-state index < -0.39 is 0 Å². The second kappa shape index (κ2) is 5.79. The van der Waals surface area contributed by atoms with Crippen LogP contribution in [0, 0.1) is 20.8 Å². The van der Waals surface area contributed by atoms with Crippen LogP contribution in [0.3, 0.4) is 0 Å². The highest BCUT2D eigenvalue weighted by atomic mass is 32.2. The van der Waals surface area contributed by atoms with Crippen molar-refractivity contribution in [3.8, 4) is 0 Å². The van der Waals surface area contributed by atoms with E-state index in [0.717, 1.165) is 21.8 Å². The fraction of sp³-hybridized carbons (Fsp3) is 0.400. The molecule has 0 unspecified atom stereocenters. The lowest BCUT2D eigenvalue weighted by molar-refractivity contribution is 0.0993. The number of ketones is 1. The molecule has 0 fully saturated rings. The summed E-state index contributed by atoms with van der Waals surface area (Å²) in [5.41, 5.74) is 4.20. The molecule has 0 spiro atoms. The predicted octanol–water partition coefficient (Wildman–Crippen LogP) is 3.10. The molecule has 106 valence electrons. The van der Waals surface area contributed by atoms with E-state index in [0.29, 0.717) is 0 Å². The first kappa shape index (κ1) is 14.8. The normalized spacial score (nSPS) is 12.4. The van der Waals surface area contributed by atoms with Crippen LogP contribution >= 0.6 is 11.8 Å². The number of carbonyl (C=O) groups is 1. The molecule has 1 atom stereocenters. The Kier molecular flexibility index (Phi) is 4.28. The van der Waals surface area contributed by atoms with Gasteiger partial charge in [0.25, 0.3) is 0 Å². The molecule has 0 saturated carbocycles. The Hall–Kier alpha value is -1.62. The molecule has 2 aromatic rings. The Morgan fingerprint density at radius 2 is 1.85 bits per heavy atom. The molecule has 0 saturated heterocycles. The van der Waals surface area contributed by atoms with Gasteiger partial charge in [-0.15, -0.1) is 10.2 Å². The van der Waals surface area contributed by atoms with Crippen LogP contribution in [0.4, 0.5) is 0 Å². The van der Waals surface area contributed by atoms with Crippen molar-refractivity contribution in [2.45, 2.75) is 38.1 Å². The third-order valence-corrected chi connectivity index (χ3v) is 4.58. The van der Waals surface area contributed by atoms with Crippen molar-refractivity contribution in [3.05, 3.63) is 40.7 Å². The lowest BCUT2D eigenvalue weighted by Gasteiger charge is -2.13. The highest BCUT2D eigenvalue weighted by Gasteiger charge is 2.20. The second-order valence-corrected chi connectivity index (χ2v) is 6.41. The van der Waals surface area contributed by atoms with Crippen molar-refractivity contribution in [3.63, 3.8) is 0 Å². The predicted molar refractivity (Wildman–Crippen MR) is 81.3 cm³/mol. The summed E-state index contributed by atoms with van der Waals surface area (Å²) >= 11 is 1.44. The minimum atomic E-state index is -0.182. The zero-order valence-corrected chi connectivity index (χ0v) is 13.3. The van der Waals surface area contributed by atoms with Gasteiger partial charge in [-0.1, -0.05) is 17.8 Å². The lowest BCUT2D eigenvalue weighted by atomic mass is 9.97. The SMILES string of the molecule is Cc1cc(C)c(C(=O)[C@H](C)Sc2nncn2C)cc1C. The van der Waals surface area contributed by atoms with Crippen LogP contribution in [0.1, 0.15) is 34.0 Å². The van der Waals surface area contributed by atoms with Crippen LogP contribution in [0.2, 0.25) is 0 Å². The molecule has 0 N–H and O–H groups in total. The molecule has 0 aliphatic carbocycles. The monoisotopic (exact) mass is 289 g/mol. The van der Waals surface area contributed by atoms with Gasteiger partial charge in [0.1, 0.15) is 6.33 Å². The number of Topliss-reactive ketones (excluding diaryl/α,β-unsaturated/α-hetero) is 1. The van der Waals surface area contributed by atoms with Crippen LogP contribution < -0.4 is 0 Å². The van der Waals surface area contributed by atoms with Crippen molar-refractivity contribution in [2.75, 3.05) is 0 Å². The standard InChI is InChI=1S/C15H19N3OS/c1-9-6-11(3)13(7-10(9)2)14(19)12(4)20-15-17-16-8-18(15)5/h6-8,12H,1-5H3/t12-/m0/s1. The highest BCUT2D eigenvalue weighted by Crippen LogP contribution is 2.25. The number of benzene rings is 1. The van der Waals surface area contributed by atoms with E-state index >= 15 is 0 Å². The largest absolute Gasteiger partial charge is 0.312 e. The Bertz CT molecular complexity index is 649. The number of thioether (sulfide) groups is 1. The maximum absolute atomic E-state index is 12.6. The number of hydrogen-bond donors (Lipinski definition) is 0. The van der Waals surface area contributed by atoms with E-state index in [1.54, 1.807) is 6.33 Å². The van der Waals surface area contributed by atoms with E-state index in [9.17, 15) is 4.79 Å². The van der Waals surface area contributed by atoms with Gasteiger partial charge in [0.05, 0.1) is 5.25 Å². The molecule has 5 heteroatoms. The van der Waals surface area contributed by atoms with Gasteiger partial charge in [0.2, 0.25) is 0 Å². The van der Waals surface area contributed by atoms with E-state index in [-0.39, 0.29) is 11.0 Å². The molecule has 0 aliphatic heterocycles. The zero-order valence-electron chi connectivity index (χ0n) is 12.5. The van der Waals surface area contributed by atoms with E-state index in [4.69, 9.17) is 0 Å². The number of aryl methyl sites for hydroxylation is 4. The third-order valence-electron chi connectivity index (χ3n) is 3.43. The van der Waals surface area contributed by atoms with Gasteiger partial charge in [-0.05, 0) is 50.5 Å². The molecule has 2 rings (SSSR count). The minimum absolute atomic E-state index is 0.138. The summed E-state index contributed by atoms with van der Waals surface area (Å²) in [4.78, 5) is 12.6. The molecule has 1 aromatic carbocycles. The third kappa shape index (κ3) is 2.93. The summed E-state index contributed by atoms with van der Waals surface area (Å²) in [6, 6.07) is 4.06. The molecule has 0 radical (unpaired) electrons. The van der Waals surface area contributed by atoms with Crippen molar-refractivity contribution < 1.29 is 4.79 Å². The van der Waals surface area contributed by atoms with Gasteiger partial charge in [-0.25, -0.2) is 0 Å². The van der Waals surface area contributed by atoms with Crippen molar-refractivity contribution in [2.24, 2.45) is 7.05 Å². The smallest absolute Gasteiger partial charge is 0.191 e. The van der Waals surface area contributed by atoms with Crippen LogP contribution in [-0.2, 0) is 7.05 Å². The Morgan fingerprint density at radius 3 is 2.45 bits per heavy atom. The number of nitrogens with zero attached hydrogens (tertiary/aromatic N) is 3. The lowest BCUT2D eigenvalue weighted by Crippen LogP contribution is -2.16. The van der Waals surface area contributed by atoms with Crippen LogP contribution in [-0.4, -0.2) is 25.8 Å². The van der Waals surface area contributed by atoms with Crippen LogP contribution in [0.25, 0.3) is 0 Å². The summed E-state index contributed by atoms with van der Waals surface area (Å²) in [5.74, 6) is 0.138. The highest BCUT2D eigenvalue weighted by molar-refractivity contribution is 8.00. The fourth-order valence-corrected chi connectivity index (χ4v) is 2.89. The summed E-state index contributed by atoms with van der Waals surface area (Å²) < 4.78 is 1.82. The van der Waals surface area contributed by atoms with Gasteiger partial charge in [-0.2, -0.15) is 0 Å². The molecule has 0 amide bonds. The van der Waals surface area contributed by atoms with E-state index in [2.05, 4.69) is 23.2 Å². The number of hydrogen-bond acceptors (Lipinski definition) is 4. The molecule has 0 aliphatic rings. The summed E-state index contributed by atoms with van der Waals surface area (Å²) in [5, 5.41) is 8.42. The maximum atomic E-state index is 12.6. The van der Waals surface area contributed by atoms with Crippen LogP contribution in [0.15, 0.2) is 23.6 Å². The molecule has 1 heterocycles. The molecule has 1 aromatic heterocycles. The summed E-state index contributed by atoms with van der Waals surface area (Å²) in [6.07, 6.45) is 1.64. The molecule has 4 nitrogen and oxygen atoms in total. The quantitative estimate of drug-likeness (QED) is 0.641. The Balaban J connectivity index is 2.23. The van der Waals surface area contributed by atoms with Crippen LogP contribution in [0.5, 0.6) is 0 Å². The average Bonchev–Trinajstić information content (AvgIpc) is 2.78. The zero-order chi connectivity index (χ0) is 14.9. The van der Waals surface area contributed by atoms with E-state index in [1.807, 2.05) is 38.5 Å². The second-order valence-electron chi connectivity index (χ2n) is 5.10. The van der Waals surface area contributed by atoms with Crippen molar-refractivity contribution in [1.82, 2.24) is 14.8 Å². The maximum Gasteiger partial charge on any atom is 0.191 e. The minimum Gasteiger partial charge on any atom is -0.312 e. The van der Waals surface area contributed by atoms with Gasteiger partial charge in [0.15, 0.2) is 10.9 Å². The molecule has 0 bridgehead atoms. The fourth-order valence-electron chi connectivity index (χ4n) is 2.04. The molecule has 20 heavy (non-hydrogen) atoms. The van der Waals surface area contributed by atoms with Gasteiger partial charge in [0, 0.05) is 12.6 Å². The van der Waals surface area contributed by atoms with Crippen molar-refractivity contribution in [1.29, 1.82) is 0 Å². The summed E-state index contributed by atoms with van der Waals surface area (Å²) in [6.45, 7) is 8.00. The topological polar surface area (TPSA) is 47.8 Å². The molecular weight excluding hydrogens is 270 g/mol.